The molecule has 5 heteroatoms. The second-order valence-electron chi connectivity index (χ2n) is 4.37. The van der Waals surface area contributed by atoms with Gasteiger partial charge >= 0.3 is 0 Å². The molecule has 0 aliphatic carbocycles. The molecule has 0 spiro atoms. The fourth-order valence-electron chi connectivity index (χ4n) is 1.75. The van der Waals surface area contributed by atoms with Gasteiger partial charge in [0.05, 0.1) is 12.8 Å². The lowest BCUT2D eigenvalue weighted by molar-refractivity contribution is 0.102. The van der Waals surface area contributed by atoms with Crippen molar-refractivity contribution in [3.8, 4) is 5.75 Å². The first-order valence-electron chi connectivity index (χ1n) is 6.02. The third-order valence-corrected chi connectivity index (χ3v) is 2.92. The normalized spacial score (nSPS) is 10.2. The molecule has 0 bridgehead atoms. The Morgan fingerprint density at radius 2 is 2.00 bits per heavy atom. The van der Waals surface area contributed by atoms with Crippen LogP contribution in [0.25, 0.3) is 0 Å². The number of amides is 1. The van der Waals surface area contributed by atoms with Crippen LogP contribution in [-0.4, -0.2) is 13.0 Å². The van der Waals surface area contributed by atoms with Crippen LogP contribution in [0.5, 0.6) is 5.75 Å². The summed E-state index contributed by atoms with van der Waals surface area (Å²) in [7, 11) is 1.50. The zero-order valence-electron chi connectivity index (χ0n) is 11.2. The van der Waals surface area contributed by atoms with Crippen LogP contribution < -0.4 is 15.8 Å². The van der Waals surface area contributed by atoms with Gasteiger partial charge in [0, 0.05) is 11.3 Å². The lowest BCUT2D eigenvalue weighted by atomic mass is 10.1. The summed E-state index contributed by atoms with van der Waals surface area (Å²) < 4.78 is 18.4. The van der Waals surface area contributed by atoms with E-state index in [9.17, 15) is 9.18 Å². The van der Waals surface area contributed by atoms with Gasteiger partial charge in [-0.3, -0.25) is 4.79 Å². The molecule has 2 rings (SSSR count). The van der Waals surface area contributed by atoms with Crippen LogP contribution in [-0.2, 0) is 0 Å². The van der Waals surface area contributed by atoms with Crippen LogP contribution in [0.1, 0.15) is 15.9 Å². The second kappa shape index (κ2) is 5.61. The smallest absolute Gasteiger partial charge is 0.255 e. The molecule has 2 aromatic carbocycles. The summed E-state index contributed by atoms with van der Waals surface area (Å²) in [4.78, 5) is 12.0. The minimum absolute atomic E-state index is 0.359. The first-order valence-corrected chi connectivity index (χ1v) is 6.02. The fourth-order valence-corrected chi connectivity index (χ4v) is 1.75. The molecule has 0 aliphatic rings. The van der Waals surface area contributed by atoms with Crippen LogP contribution in [0.3, 0.4) is 0 Å². The zero-order valence-corrected chi connectivity index (χ0v) is 11.2. The molecule has 0 saturated heterocycles. The number of anilines is 2. The predicted octanol–water partition coefficient (Wildman–Crippen LogP) is 2.98. The van der Waals surface area contributed by atoms with E-state index in [1.165, 1.54) is 19.2 Å². The van der Waals surface area contributed by atoms with Gasteiger partial charge in [0.15, 0.2) is 0 Å². The highest BCUT2D eigenvalue weighted by Crippen LogP contribution is 2.22. The van der Waals surface area contributed by atoms with Crippen molar-refractivity contribution in [3.63, 3.8) is 0 Å². The highest BCUT2D eigenvalue weighted by molar-refractivity contribution is 6.05. The number of ether oxygens (including phenoxy) is 1. The quantitative estimate of drug-likeness (QED) is 0.846. The van der Waals surface area contributed by atoms with Gasteiger partial charge in [0.1, 0.15) is 11.6 Å². The van der Waals surface area contributed by atoms with Crippen LogP contribution in [0.4, 0.5) is 15.8 Å². The summed E-state index contributed by atoms with van der Waals surface area (Å²) in [5, 5.41) is 2.62. The number of nitrogens with one attached hydrogen (secondary N) is 1. The lowest BCUT2D eigenvalue weighted by Gasteiger charge is -2.09. The molecule has 20 heavy (non-hydrogen) atoms. The summed E-state index contributed by atoms with van der Waals surface area (Å²) in [6, 6.07) is 9.24. The highest BCUT2D eigenvalue weighted by atomic mass is 19.1. The van der Waals surface area contributed by atoms with Crippen LogP contribution >= 0.6 is 0 Å². The zero-order chi connectivity index (χ0) is 14.7. The van der Waals surface area contributed by atoms with Gasteiger partial charge in [-0.15, -0.1) is 0 Å². The Kier molecular flexibility index (Phi) is 3.89. The van der Waals surface area contributed by atoms with E-state index in [4.69, 9.17) is 10.5 Å². The van der Waals surface area contributed by atoms with Gasteiger partial charge in [-0.1, -0.05) is 6.07 Å². The van der Waals surface area contributed by atoms with Crippen molar-refractivity contribution in [2.24, 2.45) is 0 Å². The van der Waals surface area contributed by atoms with Gasteiger partial charge < -0.3 is 15.8 Å². The Labute approximate surface area is 116 Å². The Bertz CT molecular complexity index is 656. The van der Waals surface area contributed by atoms with Crippen molar-refractivity contribution in [1.29, 1.82) is 0 Å². The molecule has 0 fully saturated rings. The highest BCUT2D eigenvalue weighted by Gasteiger charge is 2.09. The van der Waals surface area contributed by atoms with Crippen molar-refractivity contribution < 1.29 is 13.9 Å². The third-order valence-electron chi connectivity index (χ3n) is 2.92. The van der Waals surface area contributed by atoms with Gasteiger partial charge in [-0.2, -0.15) is 0 Å². The van der Waals surface area contributed by atoms with E-state index in [0.29, 0.717) is 28.3 Å². The fraction of sp³-hybridized carbons (Fsp3) is 0.133. The largest absolute Gasteiger partial charge is 0.495 e. The molecule has 0 saturated carbocycles. The minimum Gasteiger partial charge on any atom is -0.495 e. The van der Waals surface area contributed by atoms with Crippen LogP contribution in [0.15, 0.2) is 36.4 Å². The Morgan fingerprint density at radius 3 is 2.60 bits per heavy atom. The minimum atomic E-state index is -0.364. The van der Waals surface area contributed by atoms with E-state index in [2.05, 4.69) is 5.32 Å². The van der Waals surface area contributed by atoms with E-state index in [1.54, 1.807) is 31.2 Å². The van der Waals surface area contributed by atoms with Crippen molar-refractivity contribution in [2.45, 2.75) is 6.92 Å². The second-order valence-corrected chi connectivity index (χ2v) is 4.37. The van der Waals surface area contributed by atoms with Gasteiger partial charge in [-0.05, 0) is 42.8 Å². The molecule has 0 heterocycles. The van der Waals surface area contributed by atoms with Crippen molar-refractivity contribution in [3.05, 3.63) is 53.3 Å². The van der Waals surface area contributed by atoms with Gasteiger partial charge in [0.2, 0.25) is 0 Å². The average molecular weight is 274 g/mol. The number of hydrogen-bond donors (Lipinski definition) is 2. The Balaban J connectivity index is 2.19. The number of benzene rings is 2. The van der Waals surface area contributed by atoms with E-state index in [-0.39, 0.29) is 11.7 Å². The van der Waals surface area contributed by atoms with E-state index in [0.717, 1.165) is 0 Å². The van der Waals surface area contributed by atoms with E-state index < -0.39 is 0 Å². The molecule has 0 atom stereocenters. The number of methoxy groups -OCH3 is 1. The van der Waals surface area contributed by atoms with E-state index >= 15 is 0 Å². The summed E-state index contributed by atoms with van der Waals surface area (Å²) >= 11 is 0. The monoisotopic (exact) mass is 274 g/mol. The molecule has 4 nitrogen and oxygen atoms in total. The number of nitrogens with two attached hydrogens (primary N) is 1. The van der Waals surface area contributed by atoms with Crippen LogP contribution in [0, 0.1) is 12.7 Å². The first-order chi connectivity index (χ1) is 9.51. The standard InChI is InChI=1S/C15H15FN2O2/c1-9-3-5-11(8-12(9)16)18-15(19)10-4-6-14(20-2)13(17)7-10/h3-8H,17H2,1-2H3,(H,18,19). The molecule has 1 amide bonds. The molecule has 0 unspecified atom stereocenters. The lowest BCUT2D eigenvalue weighted by Crippen LogP contribution is -2.12. The molecular weight excluding hydrogens is 259 g/mol. The summed E-state index contributed by atoms with van der Waals surface area (Å²) in [5.41, 5.74) is 7.41. The number of nitrogen functional groups attached to an aromatic ring is 1. The topological polar surface area (TPSA) is 64.3 Å². The van der Waals surface area contributed by atoms with Crippen molar-refractivity contribution in [1.82, 2.24) is 0 Å². The molecule has 0 radical (unpaired) electrons. The number of rotatable bonds is 3. The summed E-state index contributed by atoms with van der Waals surface area (Å²) in [5.74, 6) is -0.220. The van der Waals surface area contributed by atoms with Gasteiger partial charge in [0.25, 0.3) is 5.91 Å². The van der Waals surface area contributed by atoms with Crippen molar-refractivity contribution >= 4 is 17.3 Å². The average Bonchev–Trinajstić information content (AvgIpc) is 2.42. The molecule has 0 aliphatic heterocycles. The maximum Gasteiger partial charge on any atom is 0.255 e. The maximum atomic E-state index is 13.4. The number of hydrogen-bond acceptors (Lipinski definition) is 3. The number of aryl methyl sites for hydroxylation is 1. The van der Waals surface area contributed by atoms with E-state index in [1.807, 2.05) is 0 Å². The molecule has 2 aromatic rings. The number of halogens is 1. The van der Waals surface area contributed by atoms with Crippen molar-refractivity contribution in [2.75, 3.05) is 18.2 Å². The first kappa shape index (κ1) is 13.9. The van der Waals surface area contributed by atoms with Crippen LogP contribution in [0.2, 0.25) is 0 Å². The predicted molar refractivity (Wildman–Crippen MR) is 76.5 cm³/mol. The maximum absolute atomic E-state index is 13.4. The molecule has 104 valence electrons. The SMILES string of the molecule is COc1ccc(C(=O)Nc2ccc(C)c(F)c2)cc1N. The number of carbonyl (C=O) groups is 1. The molecule has 3 N–H and O–H groups in total. The third kappa shape index (κ3) is 2.88. The van der Waals surface area contributed by atoms with Gasteiger partial charge in [-0.25, -0.2) is 4.39 Å². The number of carbonyl (C=O) groups excluding carboxylic acids is 1. The summed E-state index contributed by atoms with van der Waals surface area (Å²) in [6.07, 6.45) is 0. The molecular formula is C15H15FN2O2. The summed E-state index contributed by atoms with van der Waals surface area (Å²) in [6.45, 7) is 1.66. The Morgan fingerprint density at radius 1 is 1.25 bits per heavy atom. The Hall–Kier alpha value is -2.56. The molecule has 0 aromatic heterocycles.